The lowest BCUT2D eigenvalue weighted by Crippen LogP contribution is -2.46. The highest BCUT2D eigenvalue weighted by Gasteiger charge is 2.30. The summed E-state index contributed by atoms with van der Waals surface area (Å²) >= 11 is 0. The summed E-state index contributed by atoms with van der Waals surface area (Å²) in [5, 5.41) is 0. The first-order valence-corrected chi connectivity index (χ1v) is 11.3. The molecule has 1 aliphatic heterocycles. The van der Waals surface area contributed by atoms with Crippen LogP contribution in [0.1, 0.15) is 24.6 Å². The average Bonchev–Trinajstić information content (AvgIpc) is 3.28. The monoisotopic (exact) mass is 440 g/mol. The third-order valence-corrected chi connectivity index (χ3v) is 6.41. The predicted molar refractivity (Wildman–Crippen MR) is 131 cm³/mol. The molecule has 1 aliphatic rings. The van der Waals surface area contributed by atoms with Crippen LogP contribution >= 0.6 is 0 Å². The van der Waals surface area contributed by atoms with Crippen molar-refractivity contribution in [3.8, 4) is 17.0 Å². The van der Waals surface area contributed by atoms with Crippen molar-refractivity contribution in [2.24, 2.45) is 0 Å². The van der Waals surface area contributed by atoms with Gasteiger partial charge in [-0.25, -0.2) is 9.78 Å². The lowest BCUT2D eigenvalue weighted by atomic mass is 9.97. The molecule has 1 atom stereocenters. The fraction of sp³-hybridized carbons (Fsp3) is 0.259. The van der Waals surface area contributed by atoms with Gasteiger partial charge in [-0.05, 0) is 49.2 Å². The topological polar surface area (TPSA) is 50.1 Å². The largest absolute Gasteiger partial charge is 0.497 e. The molecule has 168 valence electrons. The van der Waals surface area contributed by atoms with Crippen molar-refractivity contribution in [2.75, 3.05) is 32.1 Å². The highest BCUT2D eigenvalue weighted by molar-refractivity contribution is 5.91. The number of imidazole rings is 1. The molecular weight excluding hydrogens is 412 g/mol. The van der Waals surface area contributed by atoms with Crippen LogP contribution in [0, 0.1) is 0 Å². The van der Waals surface area contributed by atoms with Gasteiger partial charge >= 0.3 is 6.03 Å². The first-order chi connectivity index (χ1) is 16.2. The van der Waals surface area contributed by atoms with Gasteiger partial charge in [-0.2, -0.15) is 0 Å². The summed E-state index contributed by atoms with van der Waals surface area (Å²) in [5.41, 5.74) is 3.92. The molecule has 4 aromatic rings. The molecule has 6 heteroatoms. The number of fused-ring (bicyclic) bond motifs is 1. The molecule has 0 radical (unpaired) electrons. The number of likely N-dealkylation sites (tertiary alicyclic amines) is 1. The van der Waals surface area contributed by atoms with Crippen LogP contribution in [0.5, 0.6) is 5.75 Å². The highest BCUT2D eigenvalue weighted by atomic mass is 16.5. The molecule has 1 unspecified atom stereocenters. The summed E-state index contributed by atoms with van der Waals surface area (Å²) in [6.07, 6.45) is 4.03. The number of pyridine rings is 1. The van der Waals surface area contributed by atoms with E-state index in [0.29, 0.717) is 6.54 Å². The number of piperidine rings is 1. The van der Waals surface area contributed by atoms with E-state index >= 15 is 0 Å². The van der Waals surface area contributed by atoms with Gasteiger partial charge in [0.2, 0.25) is 0 Å². The molecule has 3 heterocycles. The van der Waals surface area contributed by atoms with Crippen molar-refractivity contribution in [3.05, 3.63) is 84.8 Å². The van der Waals surface area contributed by atoms with Gasteiger partial charge in [0.15, 0.2) is 0 Å². The number of para-hydroxylation sites is 1. The maximum absolute atomic E-state index is 13.2. The summed E-state index contributed by atoms with van der Waals surface area (Å²) < 4.78 is 7.60. The summed E-state index contributed by atoms with van der Waals surface area (Å²) in [4.78, 5) is 22.0. The van der Waals surface area contributed by atoms with E-state index in [-0.39, 0.29) is 11.9 Å². The zero-order chi connectivity index (χ0) is 22.8. The number of carbonyl (C=O) groups excluding carboxylic acids is 1. The van der Waals surface area contributed by atoms with E-state index in [0.717, 1.165) is 53.4 Å². The number of nitrogens with zero attached hydrogens (tertiary/aromatic N) is 4. The number of ether oxygens (including phenoxy) is 1. The highest BCUT2D eigenvalue weighted by Crippen LogP contribution is 2.33. The molecular formula is C27H28N4O2. The lowest BCUT2D eigenvalue weighted by molar-refractivity contribution is 0.186. The number of hydrogen-bond acceptors (Lipinski definition) is 3. The minimum absolute atomic E-state index is 0.0276. The van der Waals surface area contributed by atoms with Gasteiger partial charge in [-0.15, -0.1) is 0 Å². The van der Waals surface area contributed by atoms with E-state index < -0.39 is 0 Å². The van der Waals surface area contributed by atoms with E-state index in [4.69, 9.17) is 9.72 Å². The van der Waals surface area contributed by atoms with E-state index in [1.807, 2.05) is 72.6 Å². The number of amides is 2. The predicted octanol–water partition coefficient (Wildman–Crippen LogP) is 5.45. The zero-order valence-corrected chi connectivity index (χ0v) is 19.0. The number of urea groups is 1. The molecule has 5 rings (SSSR count). The van der Waals surface area contributed by atoms with Crippen molar-refractivity contribution in [2.45, 2.75) is 18.8 Å². The van der Waals surface area contributed by atoms with Crippen molar-refractivity contribution in [1.82, 2.24) is 14.3 Å². The summed E-state index contributed by atoms with van der Waals surface area (Å²) in [6.45, 7) is 1.42. The van der Waals surface area contributed by atoms with Gasteiger partial charge in [-0.3, -0.25) is 4.90 Å². The van der Waals surface area contributed by atoms with Crippen molar-refractivity contribution >= 4 is 17.2 Å². The van der Waals surface area contributed by atoms with E-state index in [1.165, 1.54) is 0 Å². The smallest absolute Gasteiger partial charge is 0.324 e. The van der Waals surface area contributed by atoms with Crippen LogP contribution in [0.3, 0.4) is 0 Å². The molecule has 0 N–H and O–H groups in total. The van der Waals surface area contributed by atoms with Crippen LogP contribution in [0.25, 0.3) is 16.8 Å². The number of rotatable bonds is 4. The Morgan fingerprint density at radius 3 is 2.70 bits per heavy atom. The third-order valence-electron chi connectivity index (χ3n) is 6.41. The van der Waals surface area contributed by atoms with Crippen LogP contribution in [0.2, 0.25) is 0 Å². The van der Waals surface area contributed by atoms with Gasteiger partial charge in [0.05, 0.1) is 18.3 Å². The van der Waals surface area contributed by atoms with Gasteiger partial charge in [0, 0.05) is 43.5 Å². The van der Waals surface area contributed by atoms with Crippen LogP contribution < -0.4 is 9.64 Å². The normalized spacial score (nSPS) is 16.1. The van der Waals surface area contributed by atoms with Crippen LogP contribution in [0.4, 0.5) is 10.5 Å². The lowest BCUT2D eigenvalue weighted by Gasteiger charge is -2.35. The number of carbonyl (C=O) groups is 1. The molecule has 0 aliphatic carbocycles. The minimum atomic E-state index is 0.0276. The summed E-state index contributed by atoms with van der Waals surface area (Å²) in [5.74, 6) is 1.98. The van der Waals surface area contributed by atoms with Gasteiger partial charge in [0.1, 0.15) is 11.6 Å². The van der Waals surface area contributed by atoms with E-state index in [2.05, 4.69) is 22.7 Å². The maximum Gasteiger partial charge on any atom is 0.324 e. The molecule has 6 nitrogen and oxygen atoms in total. The Kier molecular flexibility index (Phi) is 5.73. The zero-order valence-electron chi connectivity index (χ0n) is 19.0. The van der Waals surface area contributed by atoms with Crippen LogP contribution in [-0.2, 0) is 0 Å². The quantitative estimate of drug-likeness (QED) is 0.424. The first-order valence-electron chi connectivity index (χ1n) is 11.3. The number of benzene rings is 2. The molecule has 1 fully saturated rings. The Balaban J connectivity index is 1.46. The second-order valence-electron chi connectivity index (χ2n) is 8.47. The number of aromatic nitrogens is 2. The number of anilines is 1. The summed E-state index contributed by atoms with van der Waals surface area (Å²) in [7, 11) is 3.52. The van der Waals surface area contributed by atoms with Crippen molar-refractivity contribution in [1.29, 1.82) is 0 Å². The third kappa shape index (κ3) is 4.04. The van der Waals surface area contributed by atoms with Gasteiger partial charge < -0.3 is 14.0 Å². The Bertz CT molecular complexity index is 1270. The molecule has 0 spiro atoms. The fourth-order valence-corrected chi connectivity index (χ4v) is 4.67. The molecule has 2 aromatic heterocycles. The van der Waals surface area contributed by atoms with E-state index in [1.54, 1.807) is 12.0 Å². The van der Waals surface area contributed by atoms with Crippen molar-refractivity contribution < 1.29 is 9.53 Å². The molecule has 1 saturated heterocycles. The molecule has 0 saturated carbocycles. The minimum Gasteiger partial charge on any atom is -0.497 e. The molecule has 33 heavy (non-hydrogen) atoms. The maximum atomic E-state index is 13.2. The molecule has 0 bridgehead atoms. The Labute approximate surface area is 194 Å². The SMILES string of the molecule is COc1cccc(-c2nc(C3CCCN(C(=O)N(C)c4ccccc4)C3)n3ccccc23)c1. The molecule has 2 aromatic carbocycles. The second-order valence-corrected chi connectivity index (χ2v) is 8.47. The van der Waals surface area contributed by atoms with Gasteiger partial charge in [-0.1, -0.05) is 36.4 Å². The Morgan fingerprint density at radius 1 is 1.06 bits per heavy atom. The van der Waals surface area contributed by atoms with Crippen molar-refractivity contribution in [3.63, 3.8) is 0 Å². The number of hydrogen-bond donors (Lipinski definition) is 0. The first kappa shape index (κ1) is 21.1. The number of methoxy groups -OCH3 is 1. The van der Waals surface area contributed by atoms with E-state index in [9.17, 15) is 4.79 Å². The standard InChI is InChI=1S/C27H28N4O2/c1-29(22-12-4-3-5-13-22)27(32)30-16-9-11-21(19-30)26-28-25(24-15-6-7-17-31(24)26)20-10-8-14-23(18-20)33-2/h3-8,10,12-15,17-18,21H,9,11,16,19H2,1-2H3. The Morgan fingerprint density at radius 2 is 1.88 bits per heavy atom. The Hall–Kier alpha value is -3.80. The summed E-state index contributed by atoms with van der Waals surface area (Å²) in [6, 6.07) is 24.0. The molecule has 2 amide bonds. The average molecular weight is 441 g/mol. The van der Waals surface area contributed by atoms with Crippen LogP contribution in [-0.4, -0.2) is 47.6 Å². The van der Waals surface area contributed by atoms with Crippen LogP contribution in [0.15, 0.2) is 79.0 Å². The van der Waals surface area contributed by atoms with Gasteiger partial charge in [0.25, 0.3) is 0 Å². The fourth-order valence-electron chi connectivity index (χ4n) is 4.67. The second kappa shape index (κ2) is 8.98.